The number of carbonyl (C=O) groups excluding carboxylic acids is 2. The molecule has 19 heteroatoms. The summed E-state index contributed by atoms with van der Waals surface area (Å²) in [6, 6.07) is 8.90. The number of thioether (sulfide) groups is 1. The quantitative estimate of drug-likeness (QED) is 0.270. The van der Waals surface area contributed by atoms with Crippen LogP contribution in [0.2, 0.25) is 5.02 Å². The van der Waals surface area contributed by atoms with Crippen molar-refractivity contribution in [1.82, 2.24) is 40.3 Å². The Hall–Kier alpha value is -4.63. The number of aryl methyl sites for hydroxylation is 1. The molecule has 1 saturated heterocycles. The molecule has 0 radical (unpaired) electrons. The molecule has 0 bridgehead atoms. The fourth-order valence-corrected chi connectivity index (χ4v) is 4.87. The van der Waals surface area contributed by atoms with Crippen molar-refractivity contribution in [3.05, 3.63) is 75.5 Å². The Morgan fingerprint density at radius 1 is 1.16 bits per heavy atom. The first-order chi connectivity index (χ1) is 20.8. The molecule has 2 amide bonds. The Morgan fingerprint density at radius 2 is 1.91 bits per heavy atom. The van der Waals surface area contributed by atoms with Crippen molar-refractivity contribution < 1.29 is 31.5 Å². The van der Waals surface area contributed by atoms with E-state index in [2.05, 4.69) is 36.1 Å². The number of pyridine rings is 1. The number of anilines is 1. The van der Waals surface area contributed by atoms with Gasteiger partial charge in [-0.25, -0.2) is 9.67 Å². The number of nitrogens with one attached hydrogen (secondary N) is 2. The Labute approximate surface area is 253 Å². The van der Waals surface area contributed by atoms with Crippen LogP contribution in [0, 0.1) is 18.3 Å². The predicted octanol–water partition coefficient (Wildman–Crippen LogP) is 3.89. The second-order valence-corrected chi connectivity index (χ2v) is 10.9. The van der Waals surface area contributed by atoms with Crippen LogP contribution in [-0.2, 0) is 12.5 Å². The van der Waals surface area contributed by atoms with E-state index in [1.54, 1.807) is 18.7 Å². The second kappa shape index (κ2) is 11.8. The van der Waals surface area contributed by atoms with Crippen molar-refractivity contribution in [2.45, 2.75) is 31.6 Å². The summed E-state index contributed by atoms with van der Waals surface area (Å²) in [6.45, 7) is 1.02. The molecule has 4 aromatic rings. The highest BCUT2D eigenvalue weighted by Crippen LogP contribution is 2.41. The highest BCUT2D eigenvalue weighted by molar-refractivity contribution is 8.00. The topological polar surface area (TPSA) is 156 Å². The van der Waals surface area contributed by atoms with Crippen molar-refractivity contribution in [2.24, 2.45) is 0 Å². The van der Waals surface area contributed by atoms with Gasteiger partial charge >= 0.3 is 12.1 Å². The molecule has 0 saturated carbocycles. The highest BCUT2D eigenvalue weighted by atomic mass is 35.5. The van der Waals surface area contributed by atoms with E-state index in [-0.39, 0.29) is 45.1 Å². The number of amides is 2. The van der Waals surface area contributed by atoms with Crippen LogP contribution in [-0.4, -0.2) is 70.5 Å². The normalized spacial score (nSPS) is 13.7. The first kappa shape index (κ1) is 30.8. The Morgan fingerprint density at radius 3 is 2.55 bits per heavy atom. The average Bonchev–Trinajstić information content (AvgIpc) is 3.59. The van der Waals surface area contributed by atoms with E-state index in [4.69, 9.17) is 11.6 Å². The van der Waals surface area contributed by atoms with E-state index in [1.807, 2.05) is 6.07 Å². The summed E-state index contributed by atoms with van der Waals surface area (Å²) in [5.41, 5.74) is 0.477. The van der Waals surface area contributed by atoms with Crippen molar-refractivity contribution in [3.63, 3.8) is 0 Å². The van der Waals surface area contributed by atoms with E-state index in [1.165, 1.54) is 36.5 Å². The van der Waals surface area contributed by atoms with Crippen molar-refractivity contribution in [1.29, 1.82) is 5.26 Å². The summed E-state index contributed by atoms with van der Waals surface area (Å²) in [5, 5.41) is 28.5. The molecule has 2 N–H and O–H groups in total. The maximum absolute atomic E-state index is 13.7. The van der Waals surface area contributed by atoms with Crippen LogP contribution in [0.1, 0.15) is 43.5 Å². The molecule has 1 fully saturated rings. The predicted molar refractivity (Wildman–Crippen MR) is 146 cm³/mol. The fourth-order valence-electron chi connectivity index (χ4n) is 4.03. The van der Waals surface area contributed by atoms with Gasteiger partial charge in [-0.05, 0) is 48.0 Å². The molecule has 1 aliphatic heterocycles. The summed E-state index contributed by atoms with van der Waals surface area (Å²) in [5.74, 6) is -7.12. The number of rotatable bonds is 8. The molecule has 0 aliphatic carbocycles. The molecule has 228 valence electrons. The first-order valence-corrected chi connectivity index (χ1v) is 14.0. The molecular formula is C25H18ClF5N10O2S. The van der Waals surface area contributed by atoms with E-state index in [0.717, 1.165) is 4.68 Å². The number of nitrogens with zero attached hydrogens (tertiary/aromatic N) is 8. The van der Waals surface area contributed by atoms with Crippen LogP contribution in [0.5, 0.6) is 0 Å². The molecule has 0 atom stereocenters. The zero-order chi connectivity index (χ0) is 31.8. The summed E-state index contributed by atoms with van der Waals surface area (Å²) in [4.78, 5) is 31.4. The number of tetrazole rings is 1. The van der Waals surface area contributed by atoms with Gasteiger partial charge in [-0.2, -0.15) is 48.9 Å². The van der Waals surface area contributed by atoms with Gasteiger partial charge < -0.3 is 10.6 Å². The number of hydrogen-bond donors (Lipinski definition) is 2. The number of nitriles is 1. The standard InChI is InChI=1S/C25H18ClF5N10O2S/c1-12-5-13(8-32)6-16(21(42)34-15-10-44-11-15)19(12)35-22(43)18-7-14(37-41(18)20-17(26)3-2-4-33-20)9-40-38-23(36-39-40)24(27,28)25(29,30)31/h2-7,15H,9-11H2,1H3,(H,34,42)(H,35,43). The van der Waals surface area contributed by atoms with Gasteiger partial charge in [0.2, 0.25) is 0 Å². The van der Waals surface area contributed by atoms with Crippen LogP contribution in [0.15, 0.2) is 36.5 Å². The zero-order valence-corrected chi connectivity index (χ0v) is 23.8. The van der Waals surface area contributed by atoms with E-state index in [0.29, 0.717) is 21.9 Å². The molecule has 44 heavy (non-hydrogen) atoms. The third-order valence-electron chi connectivity index (χ3n) is 6.25. The lowest BCUT2D eigenvalue weighted by atomic mass is 10.0. The maximum atomic E-state index is 13.7. The van der Waals surface area contributed by atoms with Crippen LogP contribution < -0.4 is 10.6 Å². The number of hydrogen-bond acceptors (Lipinski definition) is 9. The summed E-state index contributed by atoms with van der Waals surface area (Å²) >= 11 is 7.93. The van der Waals surface area contributed by atoms with E-state index in [9.17, 15) is 36.8 Å². The Balaban J connectivity index is 1.50. The van der Waals surface area contributed by atoms with E-state index < -0.39 is 36.3 Å². The van der Waals surface area contributed by atoms with E-state index >= 15 is 0 Å². The number of alkyl halides is 5. The van der Waals surface area contributed by atoms with Crippen LogP contribution in [0.4, 0.5) is 27.6 Å². The van der Waals surface area contributed by atoms with Gasteiger partial charge in [0, 0.05) is 23.7 Å². The van der Waals surface area contributed by atoms with Crippen molar-refractivity contribution in [2.75, 3.05) is 16.8 Å². The molecule has 0 spiro atoms. The third-order valence-corrected chi connectivity index (χ3v) is 7.82. The first-order valence-electron chi connectivity index (χ1n) is 12.5. The van der Waals surface area contributed by atoms with Crippen LogP contribution in [0.25, 0.3) is 5.82 Å². The fraction of sp³-hybridized carbons (Fsp3) is 0.280. The highest BCUT2D eigenvalue weighted by Gasteiger charge is 2.62. The minimum absolute atomic E-state index is 0.0154. The molecule has 12 nitrogen and oxygen atoms in total. The molecular weight excluding hydrogens is 635 g/mol. The number of benzene rings is 1. The Bertz CT molecular complexity index is 1800. The lowest BCUT2D eigenvalue weighted by Crippen LogP contribution is -2.44. The summed E-state index contributed by atoms with van der Waals surface area (Å²) < 4.78 is 66.6. The average molecular weight is 653 g/mol. The molecule has 5 rings (SSSR count). The van der Waals surface area contributed by atoms with Crippen molar-refractivity contribution >= 4 is 40.9 Å². The molecule has 4 heterocycles. The zero-order valence-electron chi connectivity index (χ0n) is 22.2. The van der Waals surface area contributed by atoms with Gasteiger partial charge in [0.1, 0.15) is 12.2 Å². The monoisotopic (exact) mass is 652 g/mol. The van der Waals surface area contributed by atoms with Gasteiger partial charge in [0.05, 0.1) is 33.6 Å². The van der Waals surface area contributed by atoms with Gasteiger partial charge in [0.25, 0.3) is 17.6 Å². The second-order valence-electron chi connectivity index (χ2n) is 9.45. The maximum Gasteiger partial charge on any atom is 0.461 e. The van der Waals surface area contributed by atoms with Gasteiger partial charge in [-0.15, -0.1) is 10.2 Å². The van der Waals surface area contributed by atoms with Gasteiger partial charge in [0.15, 0.2) is 5.82 Å². The number of halogens is 6. The van der Waals surface area contributed by atoms with Crippen LogP contribution in [0.3, 0.4) is 0 Å². The van der Waals surface area contributed by atoms with Crippen LogP contribution >= 0.6 is 23.4 Å². The Kier molecular flexibility index (Phi) is 8.27. The van der Waals surface area contributed by atoms with Gasteiger partial charge in [-0.3, -0.25) is 9.59 Å². The number of carbonyl (C=O) groups is 2. The largest absolute Gasteiger partial charge is 0.461 e. The minimum Gasteiger partial charge on any atom is -0.348 e. The third kappa shape index (κ3) is 6.05. The summed E-state index contributed by atoms with van der Waals surface area (Å²) in [7, 11) is 0. The number of aromatic nitrogens is 7. The lowest BCUT2D eigenvalue weighted by molar-refractivity contribution is -0.292. The van der Waals surface area contributed by atoms with Gasteiger partial charge in [-0.1, -0.05) is 11.6 Å². The molecule has 1 aliphatic rings. The minimum atomic E-state index is -5.94. The molecule has 3 aromatic heterocycles. The lowest BCUT2D eigenvalue weighted by Gasteiger charge is -2.26. The van der Waals surface area contributed by atoms with Crippen molar-refractivity contribution in [3.8, 4) is 11.9 Å². The summed E-state index contributed by atoms with van der Waals surface area (Å²) in [6.07, 6.45) is -4.58. The molecule has 0 unspecified atom stereocenters. The SMILES string of the molecule is Cc1cc(C#N)cc(C(=O)NC2CSC2)c1NC(=O)c1cc(Cn2nnc(C(F)(F)C(F)(F)F)n2)nn1-c1ncccc1Cl. The molecule has 1 aromatic carbocycles. The smallest absolute Gasteiger partial charge is 0.348 e.